The summed E-state index contributed by atoms with van der Waals surface area (Å²) >= 11 is 7.65. The van der Waals surface area contributed by atoms with E-state index in [2.05, 4.69) is 0 Å². The Hall–Kier alpha value is -1.63. The average Bonchev–Trinajstić information content (AvgIpc) is 2.97. The SMILES string of the molecule is COCC1(C(=O)O)CCCN(C(=O)Cc2csc3ccc(Cl)cc23)C1. The number of amides is 1. The number of hydrogen-bond donors (Lipinski definition) is 1. The minimum absolute atomic E-state index is 0.0545. The quantitative estimate of drug-likeness (QED) is 0.861. The number of methoxy groups -OCH3 is 1. The molecule has 0 aliphatic carbocycles. The Morgan fingerprint density at radius 3 is 2.96 bits per heavy atom. The molecule has 1 aromatic heterocycles. The largest absolute Gasteiger partial charge is 0.481 e. The van der Waals surface area contributed by atoms with Gasteiger partial charge in [-0.15, -0.1) is 11.3 Å². The molecule has 1 N–H and O–H groups in total. The first kappa shape index (κ1) is 18.2. The summed E-state index contributed by atoms with van der Waals surface area (Å²) in [5, 5.41) is 13.2. The zero-order valence-corrected chi connectivity index (χ0v) is 15.5. The van der Waals surface area contributed by atoms with Crippen molar-refractivity contribution in [2.24, 2.45) is 5.41 Å². The molecule has 134 valence electrons. The Bertz CT molecular complexity index is 801. The van der Waals surface area contributed by atoms with E-state index in [1.165, 1.54) is 7.11 Å². The van der Waals surface area contributed by atoms with Gasteiger partial charge in [-0.2, -0.15) is 0 Å². The molecule has 0 saturated carbocycles. The van der Waals surface area contributed by atoms with E-state index >= 15 is 0 Å². The first-order chi connectivity index (χ1) is 11.9. The zero-order valence-electron chi connectivity index (χ0n) is 14.0. The van der Waals surface area contributed by atoms with Crippen LogP contribution >= 0.6 is 22.9 Å². The fourth-order valence-corrected chi connectivity index (χ4v) is 4.56. The highest BCUT2D eigenvalue weighted by molar-refractivity contribution is 7.17. The fourth-order valence-electron chi connectivity index (χ4n) is 3.44. The van der Waals surface area contributed by atoms with Crippen molar-refractivity contribution in [3.05, 3.63) is 34.2 Å². The van der Waals surface area contributed by atoms with Crippen molar-refractivity contribution >= 4 is 44.9 Å². The van der Waals surface area contributed by atoms with Gasteiger partial charge < -0.3 is 14.7 Å². The third kappa shape index (κ3) is 3.66. The van der Waals surface area contributed by atoms with Crippen molar-refractivity contribution in [2.45, 2.75) is 19.3 Å². The van der Waals surface area contributed by atoms with Gasteiger partial charge in [0, 0.05) is 29.9 Å². The molecule has 1 aliphatic rings. The summed E-state index contributed by atoms with van der Waals surface area (Å²) in [5.41, 5.74) is -0.0754. The Labute approximate surface area is 155 Å². The van der Waals surface area contributed by atoms with Gasteiger partial charge in [0.15, 0.2) is 0 Å². The summed E-state index contributed by atoms with van der Waals surface area (Å²) in [6.45, 7) is 0.890. The van der Waals surface area contributed by atoms with Gasteiger partial charge in [0.1, 0.15) is 5.41 Å². The van der Waals surface area contributed by atoms with Gasteiger partial charge >= 0.3 is 5.97 Å². The number of carbonyl (C=O) groups excluding carboxylic acids is 1. The fraction of sp³-hybridized carbons (Fsp3) is 0.444. The highest BCUT2D eigenvalue weighted by Gasteiger charge is 2.43. The molecule has 1 saturated heterocycles. The van der Waals surface area contributed by atoms with Crippen LogP contribution in [0.3, 0.4) is 0 Å². The van der Waals surface area contributed by atoms with Gasteiger partial charge in [-0.3, -0.25) is 9.59 Å². The maximum absolute atomic E-state index is 12.8. The number of ether oxygens (including phenoxy) is 1. The predicted molar refractivity (Wildman–Crippen MR) is 98.3 cm³/mol. The van der Waals surface area contributed by atoms with Crippen LogP contribution in [0.4, 0.5) is 0 Å². The molecule has 1 fully saturated rings. The number of nitrogens with zero attached hydrogens (tertiary/aromatic N) is 1. The maximum Gasteiger partial charge on any atom is 0.313 e. The van der Waals surface area contributed by atoms with Gasteiger partial charge in [0.25, 0.3) is 0 Å². The molecule has 25 heavy (non-hydrogen) atoms. The summed E-state index contributed by atoms with van der Waals surface area (Å²) in [7, 11) is 1.49. The third-order valence-electron chi connectivity index (χ3n) is 4.76. The number of carbonyl (C=O) groups is 2. The van der Waals surface area contributed by atoms with E-state index in [0.29, 0.717) is 24.4 Å². The highest BCUT2D eigenvalue weighted by Crippen LogP contribution is 2.33. The number of piperidine rings is 1. The molecule has 7 heteroatoms. The van der Waals surface area contributed by atoms with Crippen molar-refractivity contribution in [3.63, 3.8) is 0 Å². The number of carboxylic acid groups (broad SMARTS) is 1. The highest BCUT2D eigenvalue weighted by atomic mass is 35.5. The van der Waals surface area contributed by atoms with Crippen LogP contribution in [-0.2, 0) is 20.7 Å². The van der Waals surface area contributed by atoms with Crippen LogP contribution in [-0.4, -0.2) is 48.7 Å². The van der Waals surface area contributed by atoms with Crippen LogP contribution in [0.1, 0.15) is 18.4 Å². The number of thiophene rings is 1. The van der Waals surface area contributed by atoms with Crippen LogP contribution in [0.5, 0.6) is 0 Å². The van der Waals surface area contributed by atoms with Crippen LogP contribution in [0.15, 0.2) is 23.6 Å². The van der Waals surface area contributed by atoms with Crippen molar-refractivity contribution < 1.29 is 19.4 Å². The number of rotatable bonds is 5. The number of carboxylic acids is 1. The maximum atomic E-state index is 12.8. The molecular weight excluding hydrogens is 362 g/mol. The molecule has 3 rings (SSSR count). The van der Waals surface area contributed by atoms with Gasteiger partial charge in [0.2, 0.25) is 5.91 Å². The lowest BCUT2D eigenvalue weighted by Gasteiger charge is -2.39. The Morgan fingerprint density at radius 1 is 1.44 bits per heavy atom. The molecule has 1 amide bonds. The van der Waals surface area contributed by atoms with Crippen LogP contribution in [0.2, 0.25) is 5.02 Å². The Morgan fingerprint density at radius 2 is 2.24 bits per heavy atom. The Balaban J connectivity index is 1.78. The Kier molecular flexibility index (Phi) is 5.32. The van der Waals surface area contributed by atoms with Crippen LogP contribution < -0.4 is 0 Å². The second-order valence-corrected chi connectivity index (χ2v) is 7.86. The molecule has 0 spiro atoms. The molecule has 1 atom stereocenters. The summed E-state index contributed by atoms with van der Waals surface area (Å²) in [4.78, 5) is 26.2. The van der Waals surface area contributed by atoms with E-state index in [1.54, 1.807) is 16.2 Å². The lowest BCUT2D eigenvalue weighted by molar-refractivity contribution is -0.159. The molecule has 1 aromatic carbocycles. The zero-order chi connectivity index (χ0) is 18.0. The smallest absolute Gasteiger partial charge is 0.313 e. The van der Waals surface area contributed by atoms with Crippen molar-refractivity contribution in [1.29, 1.82) is 0 Å². The van der Waals surface area contributed by atoms with E-state index in [-0.39, 0.29) is 25.5 Å². The molecule has 0 bridgehead atoms. The van der Waals surface area contributed by atoms with Gasteiger partial charge in [0.05, 0.1) is 13.0 Å². The third-order valence-corrected chi connectivity index (χ3v) is 6.01. The number of halogens is 1. The summed E-state index contributed by atoms with van der Waals surface area (Å²) in [6, 6.07) is 5.66. The minimum Gasteiger partial charge on any atom is -0.481 e. The number of likely N-dealkylation sites (tertiary alicyclic amines) is 1. The molecule has 1 aliphatic heterocycles. The predicted octanol–water partition coefficient (Wildman–Crippen LogP) is 3.44. The van der Waals surface area contributed by atoms with Crippen molar-refractivity contribution in [2.75, 3.05) is 26.8 Å². The van der Waals surface area contributed by atoms with Crippen molar-refractivity contribution in [3.8, 4) is 0 Å². The van der Waals surface area contributed by atoms with Crippen molar-refractivity contribution in [1.82, 2.24) is 4.90 Å². The number of fused-ring (bicyclic) bond motifs is 1. The van der Waals surface area contributed by atoms with E-state index in [9.17, 15) is 14.7 Å². The molecule has 2 heterocycles. The first-order valence-corrected chi connectivity index (χ1v) is 9.37. The lowest BCUT2D eigenvalue weighted by Crippen LogP contribution is -2.52. The van der Waals surface area contributed by atoms with Gasteiger partial charge in [-0.25, -0.2) is 0 Å². The van der Waals surface area contributed by atoms with E-state index in [4.69, 9.17) is 16.3 Å². The topological polar surface area (TPSA) is 66.8 Å². The van der Waals surface area contributed by atoms with E-state index in [0.717, 1.165) is 15.6 Å². The first-order valence-electron chi connectivity index (χ1n) is 8.11. The summed E-state index contributed by atoms with van der Waals surface area (Å²) in [6.07, 6.45) is 1.44. The standard InChI is InChI=1S/C18H20ClNO4S/c1-24-11-18(17(22)23)5-2-6-20(10-18)16(21)7-12-9-25-15-4-3-13(19)8-14(12)15/h3-4,8-9H,2,5-7,10-11H2,1H3,(H,22,23). The minimum atomic E-state index is -1.01. The molecule has 1 unspecified atom stereocenters. The summed E-state index contributed by atoms with van der Waals surface area (Å²) in [5.74, 6) is -0.958. The number of aliphatic carboxylic acids is 1. The average molecular weight is 382 g/mol. The lowest BCUT2D eigenvalue weighted by atomic mass is 9.80. The molecule has 2 aromatic rings. The monoisotopic (exact) mass is 381 g/mol. The van der Waals surface area contributed by atoms with Gasteiger partial charge in [-0.05, 0) is 47.4 Å². The normalized spacial score (nSPS) is 20.8. The van der Waals surface area contributed by atoms with Crippen LogP contribution in [0.25, 0.3) is 10.1 Å². The van der Waals surface area contributed by atoms with E-state index < -0.39 is 11.4 Å². The van der Waals surface area contributed by atoms with E-state index in [1.807, 2.05) is 23.6 Å². The van der Waals surface area contributed by atoms with Gasteiger partial charge in [-0.1, -0.05) is 11.6 Å². The second-order valence-electron chi connectivity index (χ2n) is 6.52. The number of benzene rings is 1. The number of hydrogen-bond acceptors (Lipinski definition) is 4. The molecule has 5 nitrogen and oxygen atoms in total. The molecule has 0 radical (unpaired) electrons. The second kappa shape index (κ2) is 7.32. The molecular formula is C18H20ClNO4S. The van der Waals surface area contributed by atoms with Crippen LogP contribution in [0, 0.1) is 5.41 Å². The summed E-state index contributed by atoms with van der Waals surface area (Å²) < 4.78 is 6.21.